The van der Waals surface area contributed by atoms with Crippen LogP contribution in [0.3, 0.4) is 0 Å². The molecule has 5 nitrogen and oxygen atoms in total. The Morgan fingerprint density at radius 1 is 1.31 bits per heavy atom. The highest BCUT2D eigenvalue weighted by atomic mass is 17.2. The van der Waals surface area contributed by atoms with Crippen LogP contribution in [-0.2, 0) is 4.89 Å². The van der Waals surface area contributed by atoms with Gasteiger partial charge in [0, 0.05) is 19.3 Å². The molecular weight excluding hydrogens is 208 g/mol. The first-order valence-corrected chi connectivity index (χ1v) is 5.40. The van der Waals surface area contributed by atoms with Crippen molar-refractivity contribution in [3.05, 3.63) is 24.5 Å². The van der Waals surface area contributed by atoms with Crippen molar-refractivity contribution in [1.29, 1.82) is 0 Å². The number of nitrogens with zero attached hydrogens (tertiary/aromatic N) is 2. The van der Waals surface area contributed by atoms with Gasteiger partial charge in [-0.15, -0.1) is 0 Å². The van der Waals surface area contributed by atoms with Gasteiger partial charge in [-0.3, -0.25) is 9.87 Å². The van der Waals surface area contributed by atoms with Gasteiger partial charge in [0.05, 0.1) is 6.20 Å². The van der Waals surface area contributed by atoms with Crippen LogP contribution in [0.15, 0.2) is 24.5 Å². The molecule has 16 heavy (non-hydrogen) atoms. The molecule has 0 aliphatic carbocycles. The van der Waals surface area contributed by atoms with E-state index in [-0.39, 0.29) is 0 Å². The Morgan fingerprint density at radius 3 is 2.81 bits per heavy atom. The highest BCUT2D eigenvalue weighted by Crippen LogP contribution is 2.11. The third-order valence-corrected chi connectivity index (χ3v) is 2.46. The Bertz CT molecular complexity index is 336. The molecule has 0 bridgehead atoms. The molecule has 0 unspecified atom stereocenters. The van der Waals surface area contributed by atoms with Crippen molar-refractivity contribution in [2.24, 2.45) is 0 Å². The Morgan fingerprint density at radius 2 is 2.12 bits per heavy atom. The van der Waals surface area contributed by atoms with E-state index in [4.69, 9.17) is 9.78 Å². The van der Waals surface area contributed by atoms with E-state index >= 15 is 0 Å². The Labute approximate surface area is 93.9 Å². The van der Waals surface area contributed by atoms with Crippen LogP contribution in [0.2, 0.25) is 0 Å². The topological polar surface area (TPSA) is 51.7 Å². The summed E-state index contributed by atoms with van der Waals surface area (Å²) >= 11 is 0. The summed E-state index contributed by atoms with van der Waals surface area (Å²) in [6.07, 6.45) is 5.92. The quantitative estimate of drug-likeness (QED) is 0.567. The molecule has 0 spiro atoms. The highest BCUT2D eigenvalue weighted by molar-refractivity contribution is 5.67. The van der Waals surface area contributed by atoms with Crippen molar-refractivity contribution >= 4 is 6.09 Å². The minimum atomic E-state index is -0.427. The second-order valence-electron chi connectivity index (χ2n) is 3.67. The summed E-state index contributed by atoms with van der Waals surface area (Å²) in [5.41, 5.74) is 0. The maximum atomic E-state index is 11.5. The fourth-order valence-corrected chi connectivity index (χ4v) is 1.61. The van der Waals surface area contributed by atoms with Crippen LogP contribution in [0.5, 0.6) is 5.75 Å². The van der Waals surface area contributed by atoms with E-state index < -0.39 is 6.09 Å². The lowest BCUT2D eigenvalue weighted by molar-refractivity contribution is -0.155. The van der Waals surface area contributed by atoms with Crippen LogP contribution in [0.25, 0.3) is 0 Å². The van der Waals surface area contributed by atoms with Crippen molar-refractivity contribution < 1.29 is 14.6 Å². The molecule has 1 fully saturated rings. The summed E-state index contributed by atoms with van der Waals surface area (Å²) < 4.78 is 0. The Kier molecular flexibility index (Phi) is 3.58. The van der Waals surface area contributed by atoms with Gasteiger partial charge in [-0.1, -0.05) is 0 Å². The molecule has 1 aromatic heterocycles. The normalized spacial score (nSPS) is 15.6. The van der Waals surface area contributed by atoms with Gasteiger partial charge in [0.2, 0.25) is 0 Å². The zero-order chi connectivity index (χ0) is 11.2. The molecule has 1 aliphatic rings. The van der Waals surface area contributed by atoms with Crippen LogP contribution < -0.4 is 4.89 Å². The van der Waals surface area contributed by atoms with Crippen molar-refractivity contribution in [3.8, 4) is 5.75 Å². The van der Waals surface area contributed by atoms with E-state index in [0.717, 1.165) is 25.9 Å². The van der Waals surface area contributed by atoms with E-state index in [1.165, 1.54) is 12.6 Å². The Balaban J connectivity index is 1.79. The van der Waals surface area contributed by atoms with Gasteiger partial charge in [-0.25, -0.2) is 9.68 Å². The van der Waals surface area contributed by atoms with Crippen molar-refractivity contribution in [2.75, 3.05) is 13.1 Å². The second kappa shape index (κ2) is 5.34. The van der Waals surface area contributed by atoms with Gasteiger partial charge in [0.15, 0.2) is 5.75 Å². The van der Waals surface area contributed by atoms with E-state index in [1.807, 2.05) is 0 Å². The monoisotopic (exact) mass is 222 g/mol. The van der Waals surface area contributed by atoms with Crippen LogP contribution >= 0.6 is 0 Å². The van der Waals surface area contributed by atoms with Crippen LogP contribution in [0, 0.1) is 0 Å². The summed E-state index contributed by atoms with van der Waals surface area (Å²) in [5.74, 6) is 0.424. The molecular formula is C11H14N2O3. The smallest absolute Gasteiger partial charge is 0.305 e. The number of piperidine rings is 1. The molecule has 5 heteroatoms. The fourth-order valence-electron chi connectivity index (χ4n) is 1.61. The lowest BCUT2D eigenvalue weighted by Gasteiger charge is -2.24. The van der Waals surface area contributed by atoms with Crippen LogP contribution in [0.1, 0.15) is 19.3 Å². The highest BCUT2D eigenvalue weighted by Gasteiger charge is 2.18. The molecule has 1 saturated heterocycles. The average Bonchev–Trinajstić information content (AvgIpc) is 2.38. The summed E-state index contributed by atoms with van der Waals surface area (Å²) in [4.78, 5) is 26.6. The van der Waals surface area contributed by atoms with Crippen LogP contribution in [-0.4, -0.2) is 29.1 Å². The molecule has 1 aromatic rings. The van der Waals surface area contributed by atoms with Crippen LogP contribution in [0.4, 0.5) is 4.79 Å². The largest absolute Gasteiger partial charge is 0.452 e. The molecule has 1 aliphatic heterocycles. The Hall–Kier alpha value is -1.78. The SMILES string of the molecule is O=C(OOc1cccnc1)N1CCCCC1. The van der Waals surface area contributed by atoms with E-state index in [2.05, 4.69) is 4.98 Å². The van der Waals surface area contributed by atoms with Gasteiger partial charge >= 0.3 is 6.09 Å². The first kappa shape index (κ1) is 10.7. The molecule has 0 saturated carbocycles. The van der Waals surface area contributed by atoms with E-state index in [0.29, 0.717) is 5.75 Å². The maximum absolute atomic E-state index is 11.5. The van der Waals surface area contributed by atoms with Gasteiger partial charge in [0.25, 0.3) is 0 Å². The molecule has 0 radical (unpaired) electrons. The lowest BCUT2D eigenvalue weighted by Crippen LogP contribution is -2.36. The number of rotatable bonds is 2. The van der Waals surface area contributed by atoms with Gasteiger partial charge in [-0.2, -0.15) is 0 Å². The molecule has 0 aromatic carbocycles. The third kappa shape index (κ3) is 2.85. The van der Waals surface area contributed by atoms with Crippen molar-refractivity contribution in [2.45, 2.75) is 19.3 Å². The van der Waals surface area contributed by atoms with E-state index in [9.17, 15) is 4.79 Å². The lowest BCUT2D eigenvalue weighted by atomic mass is 10.1. The predicted octanol–water partition coefficient (Wildman–Crippen LogP) is 2.00. The second-order valence-corrected chi connectivity index (χ2v) is 3.67. The first-order valence-electron chi connectivity index (χ1n) is 5.40. The molecule has 2 heterocycles. The number of likely N-dealkylation sites (tertiary alicyclic amines) is 1. The van der Waals surface area contributed by atoms with Gasteiger partial charge in [0.1, 0.15) is 0 Å². The summed E-state index contributed by atoms with van der Waals surface area (Å²) in [5, 5.41) is 0. The van der Waals surface area contributed by atoms with Crippen molar-refractivity contribution in [1.82, 2.24) is 9.88 Å². The average molecular weight is 222 g/mol. The number of hydrogen-bond donors (Lipinski definition) is 0. The molecule has 2 rings (SSSR count). The zero-order valence-corrected chi connectivity index (χ0v) is 8.96. The summed E-state index contributed by atoms with van der Waals surface area (Å²) in [6, 6.07) is 3.39. The first-order chi connectivity index (χ1) is 7.86. The van der Waals surface area contributed by atoms with E-state index in [1.54, 1.807) is 23.2 Å². The number of aromatic nitrogens is 1. The number of carbonyl (C=O) groups excluding carboxylic acids is 1. The number of carbonyl (C=O) groups is 1. The summed E-state index contributed by atoms with van der Waals surface area (Å²) in [7, 11) is 0. The summed E-state index contributed by atoms with van der Waals surface area (Å²) in [6.45, 7) is 1.49. The molecule has 86 valence electrons. The molecule has 0 atom stereocenters. The fraction of sp³-hybridized carbons (Fsp3) is 0.455. The minimum Gasteiger partial charge on any atom is -0.305 e. The van der Waals surface area contributed by atoms with Gasteiger partial charge < -0.3 is 4.90 Å². The van der Waals surface area contributed by atoms with Gasteiger partial charge in [-0.05, 0) is 31.4 Å². The minimum absolute atomic E-state index is 0.424. The van der Waals surface area contributed by atoms with Crippen molar-refractivity contribution in [3.63, 3.8) is 0 Å². The maximum Gasteiger partial charge on any atom is 0.452 e. The third-order valence-electron chi connectivity index (χ3n) is 2.46. The molecule has 1 amide bonds. The zero-order valence-electron chi connectivity index (χ0n) is 8.96. The number of pyridine rings is 1. The number of hydrogen-bond acceptors (Lipinski definition) is 4. The molecule has 0 N–H and O–H groups in total. The predicted molar refractivity (Wildman–Crippen MR) is 56.8 cm³/mol. The number of amides is 1. The standard InChI is InChI=1S/C11H14N2O3/c14-11(13-7-2-1-3-8-13)16-15-10-5-4-6-12-9-10/h4-6,9H,1-3,7-8H2.